The first-order chi connectivity index (χ1) is 15.5. The van der Waals surface area contributed by atoms with Crippen molar-refractivity contribution >= 4 is 11.6 Å². The third-order valence-corrected chi connectivity index (χ3v) is 6.48. The van der Waals surface area contributed by atoms with Crippen LogP contribution in [0.2, 0.25) is 0 Å². The fourth-order valence-electron chi connectivity index (χ4n) is 4.71. The summed E-state index contributed by atoms with van der Waals surface area (Å²) in [6.07, 6.45) is 4.01. The molecule has 2 atom stereocenters. The van der Waals surface area contributed by atoms with Crippen LogP contribution in [-0.2, 0) is 17.4 Å². The number of rotatable bonds is 4. The van der Waals surface area contributed by atoms with Gasteiger partial charge < -0.3 is 15.6 Å². The lowest BCUT2D eigenvalue weighted by Gasteiger charge is -2.34. The summed E-state index contributed by atoms with van der Waals surface area (Å²) in [5, 5.41) is 3.03. The van der Waals surface area contributed by atoms with Crippen LogP contribution in [0.5, 0.6) is 0 Å². The van der Waals surface area contributed by atoms with Crippen LogP contribution in [0.1, 0.15) is 45.8 Å². The number of nitrogens with one attached hydrogen (secondary N) is 1. The van der Waals surface area contributed by atoms with E-state index in [1.807, 2.05) is 48.1 Å². The molecule has 0 saturated carbocycles. The molecule has 2 heterocycles. The molecule has 1 aliphatic rings. The number of hydrogen-bond acceptors (Lipinski definition) is 3. The molecule has 3 N–H and O–H groups in total. The quantitative estimate of drug-likeness (QED) is 0.510. The molecular weight excluding hydrogens is 396 g/mol. The smallest absolute Gasteiger partial charge is 0.225 e. The lowest BCUT2D eigenvalue weighted by molar-refractivity contribution is -0.116. The number of nitrogens with two attached hydrogens (primary N) is 1. The molecule has 0 fully saturated rings. The van der Waals surface area contributed by atoms with Gasteiger partial charge in [0.1, 0.15) is 5.54 Å². The zero-order chi connectivity index (χ0) is 22.3. The van der Waals surface area contributed by atoms with Gasteiger partial charge in [0, 0.05) is 25.1 Å². The number of hydrogen-bond donors (Lipinski definition) is 2. The summed E-state index contributed by atoms with van der Waals surface area (Å²) in [4.78, 5) is 16.8. The maximum Gasteiger partial charge on any atom is 0.225 e. The van der Waals surface area contributed by atoms with E-state index in [9.17, 15) is 4.79 Å². The third-order valence-electron chi connectivity index (χ3n) is 6.48. The number of amides is 1. The standard InChI is InChI=1S/C27H26N4O/c1-18-8-10-20(11-9-18)27(28,25-16-29-17-31(25)2)21-12-13-24-23(14-21)22(15-26(32)30-24)19-6-4-3-5-7-19/h3-14,16-17,22H,15,28H2,1-2H3,(H,30,32). The van der Waals surface area contributed by atoms with Gasteiger partial charge in [0.15, 0.2) is 0 Å². The average molecular weight is 423 g/mol. The van der Waals surface area contributed by atoms with E-state index in [2.05, 4.69) is 59.7 Å². The van der Waals surface area contributed by atoms with Gasteiger partial charge in [-0.2, -0.15) is 0 Å². The van der Waals surface area contributed by atoms with Gasteiger partial charge in [0.25, 0.3) is 0 Å². The van der Waals surface area contributed by atoms with E-state index in [1.54, 1.807) is 6.33 Å². The van der Waals surface area contributed by atoms with Gasteiger partial charge in [-0.25, -0.2) is 4.98 Å². The van der Waals surface area contributed by atoms with Gasteiger partial charge in [0.2, 0.25) is 5.91 Å². The molecule has 32 heavy (non-hydrogen) atoms. The third kappa shape index (κ3) is 3.31. The van der Waals surface area contributed by atoms with Gasteiger partial charge in [-0.3, -0.25) is 4.79 Å². The number of benzene rings is 3. The van der Waals surface area contributed by atoms with Crippen LogP contribution in [0.4, 0.5) is 5.69 Å². The first kappa shape index (κ1) is 20.2. The molecule has 1 amide bonds. The van der Waals surface area contributed by atoms with Crippen LogP contribution in [-0.4, -0.2) is 15.5 Å². The van der Waals surface area contributed by atoms with Crippen LogP contribution >= 0.6 is 0 Å². The Morgan fingerprint density at radius 2 is 1.75 bits per heavy atom. The first-order valence-corrected chi connectivity index (χ1v) is 10.8. The van der Waals surface area contributed by atoms with Crippen molar-refractivity contribution in [2.45, 2.75) is 24.8 Å². The number of carbonyl (C=O) groups excluding carboxylic acids is 1. The Morgan fingerprint density at radius 3 is 2.44 bits per heavy atom. The molecule has 5 heteroatoms. The van der Waals surface area contributed by atoms with Crippen molar-refractivity contribution in [1.29, 1.82) is 0 Å². The Hall–Kier alpha value is -3.70. The van der Waals surface area contributed by atoms with E-state index in [0.29, 0.717) is 6.42 Å². The Bertz CT molecular complexity index is 1280. The van der Waals surface area contributed by atoms with Crippen molar-refractivity contribution in [3.63, 3.8) is 0 Å². The second-order valence-corrected chi connectivity index (χ2v) is 8.58. The Labute approximate surface area is 187 Å². The molecular formula is C27H26N4O. The van der Waals surface area contributed by atoms with E-state index in [1.165, 1.54) is 5.56 Å². The molecule has 160 valence electrons. The lowest BCUT2D eigenvalue weighted by atomic mass is 9.77. The predicted molar refractivity (Wildman–Crippen MR) is 126 cm³/mol. The number of anilines is 1. The van der Waals surface area contributed by atoms with Gasteiger partial charge in [-0.05, 0) is 35.2 Å². The number of aryl methyl sites for hydroxylation is 2. The number of imidazole rings is 1. The topological polar surface area (TPSA) is 72.9 Å². The van der Waals surface area contributed by atoms with E-state index in [4.69, 9.17) is 5.73 Å². The molecule has 0 saturated heterocycles. The van der Waals surface area contributed by atoms with E-state index in [-0.39, 0.29) is 11.8 Å². The highest BCUT2D eigenvalue weighted by atomic mass is 16.1. The molecule has 0 aliphatic carbocycles. The molecule has 5 nitrogen and oxygen atoms in total. The Morgan fingerprint density at radius 1 is 1.03 bits per heavy atom. The second-order valence-electron chi connectivity index (χ2n) is 8.58. The molecule has 0 spiro atoms. The van der Waals surface area contributed by atoms with Crippen LogP contribution in [0.15, 0.2) is 85.3 Å². The highest BCUT2D eigenvalue weighted by Gasteiger charge is 2.36. The predicted octanol–water partition coefficient (Wildman–Crippen LogP) is 4.45. The molecule has 3 aromatic carbocycles. The van der Waals surface area contributed by atoms with Crippen molar-refractivity contribution < 1.29 is 4.79 Å². The van der Waals surface area contributed by atoms with Crippen LogP contribution in [0.25, 0.3) is 0 Å². The normalized spacial score (nSPS) is 17.3. The minimum Gasteiger partial charge on any atom is -0.336 e. The van der Waals surface area contributed by atoms with E-state index < -0.39 is 5.54 Å². The minimum absolute atomic E-state index is 0.0197. The molecule has 0 bridgehead atoms. The Balaban J connectivity index is 1.71. The Kier molecular flexibility index (Phi) is 4.91. The summed E-state index contributed by atoms with van der Waals surface area (Å²) in [7, 11) is 1.96. The molecule has 1 aliphatic heterocycles. The first-order valence-electron chi connectivity index (χ1n) is 10.8. The van der Waals surface area contributed by atoms with Crippen molar-refractivity contribution in [3.8, 4) is 0 Å². The summed E-state index contributed by atoms with van der Waals surface area (Å²) >= 11 is 0. The number of carbonyl (C=O) groups is 1. The summed E-state index contributed by atoms with van der Waals surface area (Å²) in [6, 6.07) is 24.7. The van der Waals surface area contributed by atoms with Crippen LogP contribution < -0.4 is 11.1 Å². The maximum atomic E-state index is 12.4. The van der Waals surface area contributed by atoms with E-state index in [0.717, 1.165) is 33.6 Å². The largest absolute Gasteiger partial charge is 0.336 e. The summed E-state index contributed by atoms with van der Waals surface area (Å²) in [5.74, 6) is 0.0111. The van der Waals surface area contributed by atoms with Crippen LogP contribution in [0.3, 0.4) is 0 Å². The average Bonchev–Trinajstić information content (AvgIpc) is 3.25. The van der Waals surface area contributed by atoms with Gasteiger partial charge >= 0.3 is 0 Å². The fraction of sp³-hybridized carbons (Fsp3) is 0.185. The van der Waals surface area contributed by atoms with Gasteiger partial charge in [-0.1, -0.05) is 72.3 Å². The number of aromatic nitrogens is 2. The highest BCUT2D eigenvalue weighted by molar-refractivity contribution is 5.95. The SMILES string of the molecule is Cc1ccc(C(N)(c2ccc3c(c2)C(c2ccccc2)CC(=O)N3)c2cncn2C)cc1. The molecule has 0 radical (unpaired) electrons. The highest BCUT2D eigenvalue weighted by Crippen LogP contribution is 2.41. The summed E-state index contributed by atoms with van der Waals surface area (Å²) in [6.45, 7) is 2.07. The molecule has 5 rings (SSSR count). The van der Waals surface area contributed by atoms with Crippen molar-refractivity contribution in [2.75, 3.05) is 5.32 Å². The summed E-state index contributed by atoms with van der Waals surface area (Å²) < 4.78 is 1.97. The fourth-order valence-corrected chi connectivity index (χ4v) is 4.71. The molecule has 4 aromatic rings. The summed E-state index contributed by atoms with van der Waals surface area (Å²) in [5.41, 5.74) is 13.4. The minimum atomic E-state index is -0.892. The van der Waals surface area contributed by atoms with Crippen molar-refractivity contribution in [3.05, 3.63) is 119 Å². The van der Waals surface area contributed by atoms with Crippen molar-refractivity contribution in [2.24, 2.45) is 12.8 Å². The maximum absolute atomic E-state index is 12.4. The monoisotopic (exact) mass is 422 g/mol. The van der Waals surface area contributed by atoms with Gasteiger partial charge in [0.05, 0.1) is 18.2 Å². The molecule has 2 unspecified atom stereocenters. The zero-order valence-electron chi connectivity index (χ0n) is 18.2. The molecule has 1 aromatic heterocycles. The van der Waals surface area contributed by atoms with E-state index >= 15 is 0 Å². The van der Waals surface area contributed by atoms with Crippen LogP contribution in [0, 0.1) is 6.92 Å². The second kappa shape index (κ2) is 7.77. The number of nitrogens with zero attached hydrogens (tertiary/aromatic N) is 2. The number of fused-ring (bicyclic) bond motifs is 1. The zero-order valence-corrected chi connectivity index (χ0v) is 18.2. The van der Waals surface area contributed by atoms with Crippen molar-refractivity contribution in [1.82, 2.24) is 9.55 Å². The van der Waals surface area contributed by atoms with Gasteiger partial charge in [-0.15, -0.1) is 0 Å². The lowest BCUT2D eigenvalue weighted by Crippen LogP contribution is -2.41.